The number of nitrogens with one attached hydrogen (secondary N) is 1. The lowest BCUT2D eigenvalue weighted by Gasteiger charge is -2.14. The lowest BCUT2D eigenvalue weighted by atomic mass is 10.2. The molecule has 24 heavy (non-hydrogen) atoms. The summed E-state index contributed by atoms with van der Waals surface area (Å²) in [7, 11) is 1.43. The Hall–Kier alpha value is -2.25. The molecule has 2 aromatic carbocycles. The average molecular weight is 367 g/mol. The minimum atomic E-state index is -0.527. The molecule has 0 fully saturated rings. The molecule has 1 unspecified atom stereocenters. The molecule has 2 aromatic rings. The third-order valence-corrected chi connectivity index (χ3v) is 4.51. The zero-order valence-corrected chi connectivity index (χ0v) is 14.6. The Morgan fingerprint density at radius 1 is 1.29 bits per heavy atom. The van der Waals surface area contributed by atoms with Crippen LogP contribution in [0.25, 0.3) is 0 Å². The van der Waals surface area contributed by atoms with Crippen LogP contribution < -0.4 is 10.1 Å². The highest BCUT2D eigenvalue weighted by Crippen LogP contribution is 2.30. The van der Waals surface area contributed by atoms with Crippen LogP contribution in [0.15, 0.2) is 47.4 Å². The number of anilines is 1. The van der Waals surface area contributed by atoms with Gasteiger partial charge in [0.25, 0.3) is 5.69 Å². The van der Waals surface area contributed by atoms with Crippen LogP contribution in [-0.2, 0) is 4.79 Å². The highest BCUT2D eigenvalue weighted by Gasteiger charge is 2.18. The standard InChI is InChI=1S/C16H15ClN2O4S/c1-10(24-13-6-3-11(17)4-7-13)16(20)18-14-9-12(19(21)22)5-8-15(14)23-2/h3-10H,1-2H3,(H,18,20). The number of rotatable bonds is 6. The molecule has 1 N–H and O–H groups in total. The van der Waals surface area contributed by atoms with Crippen molar-refractivity contribution in [3.8, 4) is 5.75 Å². The average Bonchev–Trinajstić information content (AvgIpc) is 2.56. The Morgan fingerprint density at radius 2 is 1.96 bits per heavy atom. The quantitative estimate of drug-likeness (QED) is 0.466. The van der Waals surface area contributed by atoms with Gasteiger partial charge >= 0.3 is 0 Å². The second-order valence-corrected chi connectivity index (χ2v) is 6.70. The van der Waals surface area contributed by atoms with Crippen LogP contribution in [0, 0.1) is 10.1 Å². The van der Waals surface area contributed by atoms with Gasteiger partial charge in [-0.25, -0.2) is 0 Å². The third-order valence-electron chi connectivity index (χ3n) is 3.15. The van der Waals surface area contributed by atoms with E-state index in [0.29, 0.717) is 10.8 Å². The highest BCUT2D eigenvalue weighted by atomic mass is 35.5. The fourth-order valence-electron chi connectivity index (χ4n) is 1.91. The number of nitro benzene ring substituents is 1. The molecule has 8 heteroatoms. The third kappa shape index (κ3) is 4.62. The van der Waals surface area contributed by atoms with Crippen LogP contribution in [0.1, 0.15) is 6.92 Å². The van der Waals surface area contributed by atoms with E-state index in [0.717, 1.165) is 4.90 Å². The van der Waals surface area contributed by atoms with E-state index in [4.69, 9.17) is 16.3 Å². The molecule has 0 aliphatic rings. The molecule has 0 aliphatic heterocycles. The van der Waals surface area contributed by atoms with E-state index in [1.807, 2.05) is 12.1 Å². The fourth-order valence-corrected chi connectivity index (χ4v) is 2.91. The van der Waals surface area contributed by atoms with Gasteiger partial charge in [-0.2, -0.15) is 0 Å². The Morgan fingerprint density at radius 3 is 2.54 bits per heavy atom. The number of hydrogen-bond donors (Lipinski definition) is 1. The van der Waals surface area contributed by atoms with Crippen molar-refractivity contribution in [1.82, 2.24) is 0 Å². The number of ether oxygens (including phenoxy) is 1. The molecule has 126 valence electrons. The van der Waals surface area contributed by atoms with E-state index in [2.05, 4.69) is 5.32 Å². The van der Waals surface area contributed by atoms with Crippen LogP contribution >= 0.6 is 23.4 Å². The van der Waals surface area contributed by atoms with Gasteiger partial charge in [-0.05, 0) is 37.3 Å². The van der Waals surface area contributed by atoms with Crippen molar-refractivity contribution in [2.45, 2.75) is 17.1 Å². The second kappa shape index (κ2) is 8.03. The molecule has 2 rings (SSSR count). The molecule has 1 amide bonds. The summed E-state index contributed by atoms with van der Waals surface area (Å²) in [5.74, 6) is 0.0754. The number of thioether (sulfide) groups is 1. The number of nitrogens with zero attached hydrogens (tertiary/aromatic N) is 1. The van der Waals surface area contributed by atoms with Crippen molar-refractivity contribution in [2.75, 3.05) is 12.4 Å². The monoisotopic (exact) mass is 366 g/mol. The van der Waals surface area contributed by atoms with E-state index < -0.39 is 10.2 Å². The molecule has 0 heterocycles. The summed E-state index contributed by atoms with van der Waals surface area (Å²) >= 11 is 7.19. The molecule has 0 spiro atoms. The molecule has 6 nitrogen and oxygen atoms in total. The number of methoxy groups -OCH3 is 1. The van der Waals surface area contributed by atoms with E-state index in [1.54, 1.807) is 19.1 Å². The normalized spacial score (nSPS) is 11.6. The molecular formula is C16H15ClN2O4S. The molecule has 0 saturated heterocycles. The molecule has 0 aromatic heterocycles. The molecule has 0 bridgehead atoms. The fraction of sp³-hybridized carbons (Fsp3) is 0.188. The summed E-state index contributed by atoms with van der Waals surface area (Å²) in [4.78, 5) is 23.6. The number of carbonyl (C=O) groups is 1. The first-order chi connectivity index (χ1) is 11.4. The van der Waals surface area contributed by atoms with Crippen molar-refractivity contribution in [3.05, 3.63) is 57.6 Å². The zero-order chi connectivity index (χ0) is 17.7. The number of nitro groups is 1. The minimum absolute atomic E-state index is 0.121. The highest BCUT2D eigenvalue weighted by molar-refractivity contribution is 8.00. The van der Waals surface area contributed by atoms with Crippen molar-refractivity contribution in [3.63, 3.8) is 0 Å². The number of amides is 1. The lowest BCUT2D eigenvalue weighted by Crippen LogP contribution is -2.22. The molecule has 0 radical (unpaired) electrons. The van der Waals surface area contributed by atoms with Crippen LogP contribution in [0.5, 0.6) is 5.75 Å². The van der Waals surface area contributed by atoms with Crippen molar-refractivity contribution in [2.24, 2.45) is 0 Å². The van der Waals surface area contributed by atoms with Gasteiger partial charge < -0.3 is 10.1 Å². The summed E-state index contributed by atoms with van der Waals surface area (Å²) < 4.78 is 5.13. The molecule has 0 aliphatic carbocycles. The molecule has 1 atom stereocenters. The smallest absolute Gasteiger partial charge is 0.271 e. The number of halogens is 1. The van der Waals surface area contributed by atoms with Gasteiger partial charge in [-0.1, -0.05) is 11.6 Å². The van der Waals surface area contributed by atoms with Gasteiger partial charge in [0.1, 0.15) is 5.75 Å². The number of benzene rings is 2. The van der Waals surface area contributed by atoms with Crippen LogP contribution in [0.4, 0.5) is 11.4 Å². The maximum atomic E-state index is 12.3. The Kier molecular flexibility index (Phi) is 6.05. The zero-order valence-electron chi connectivity index (χ0n) is 13.0. The van der Waals surface area contributed by atoms with E-state index >= 15 is 0 Å². The Balaban J connectivity index is 2.11. The van der Waals surface area contributed by atoms with Gasteiger partial charge in [0.15, 0.2) is 0 Å². The first-order valence-electron chi connectivity index (χ1n) is 6.96. The van der Waals surface area contributed by atoms with Gasteiger partial charge in [0, 0.05) is 22.1 Å². The summed E-state index contributed by atoms with van der Waals surface area (Å²) in [5, 5.41) is 13.8. The van der Waals surface area contributed by atoms with Gasteiger partial charge in [-0.3, -0.25) is 14.9 Å². The number of carbonyl (C=O) groups excluding carboxylic acids is 1. The first-order valence-corrected chi connectivity index (χ1v) is 8.22. The first kappa shape index (κ1) is 18.1. The van der Waals surface area contributed by atoms with Gasteiger partial charge in [0.2, 0.25) is 5.91 Å². The lowest BCUT2D eigenvalue weighted by molar-refractivity contribution is -0.384. The Labute approximate surface area is 148 Å². The number of hydrogen-bond acceptors (Lipinski definition) is 5. The maximum Gasteiger partial charge on any atom is 0.271 e. The predicted octanol–water partition coefficient (Wildman–Crippen LogP) is 4.38. The topological polar surface area (TPSA) is 81.5 Å². The predicted molar refractivity (Wildman–Crippen MR) is 95.0 cm³/mol. The SMILES string of the molecule is COc1ccc([N+](=O)[O-])cc1NC(=O)C(C)Sc1ccc(Cl)cc1. The summed E-state index contributed by atoms with van der Waals surface area (Å²) in [5.41, 5.74) is 0.143. The summed E-state index contributed by atoms with van der Waals surface area (Å²) in [6.45, 7) is 1.75. The largest absolute Gasteiger partial charge is 0.495 e. The second-order valence-electron chi connectivity index (χ2n) is 4.84. The van der Waals surface area contributed by atoms with Gasteiger partial charge in [0.05, 0.1) is 23.0 Å². The van der Waals surface area contributed by atoms with Crippen molar-refractivity contribution < 1.29 is 14.5 Å². The van der Waals surface area contributed by atoms with Crippen LogP contribution in [0.3, 0.4) is 0 Å². The number of non-ortho nitro benzene ring substituents is 1. The van der Waals surface area contributed by atoms with E-state index in [9.17, 15) is 14.9 Å². The molecule has 0 saturated carbocycles. The van der Waals surface area contributed by atoms with E-state index in [1.165, 1.54) is 37.1 Å². The van der Waals surface area contributed by atoms with Crippen molar-refractivity contribution in [1.29, 1.82) is 0 Å². The summed E-state index contributed by atoms with van der Waals surface area (Å²) in [6.07, 6.45) is 0. The Bertz CT molecular complexity index is 752. The van der Waals surface area contributed by atoms with Crippen LogP contribution in [-0.4, -0.2) is 23.2 Å². The maximum absolute atomic E-state index is 12.3. The minimum Gasteiger partial charge on any atom is -0.495 e. The van der Waals surface area contributed by atoms with Gasteiger partial charge in [-0.15, -0.1) is 11.8 Å². The van der Waals surface area contributed by atoms with E-state index in [-0.39, 0.29) is 17.3 Å². The summed E-state index contributed by atoms with van der Waals surface area (Å²) in [6, 6.07) is 11.2. The molecular weight excluding hydrogens is 352 g/mol. The van der Waals surface area contributed by atoms with Crippen molar-refractivity contribution >= 4 is 40.6 Å². The van der Waals surface area contributed by atoms with Crippen LogP contribution in [0.2, 0.25) is 5.02 Å².